The van der Waals surface area contributed by atoms with Gasteiger partial charge < -0.3 is 9.84 Å². The van der Waals surface area contributed by atoms with Crippen LogP contribution in [0.2, 0.25) is 10.0 Å². The molecule has 2 aliphatic carbocycles. The van der Waals surface area contributed by atoms with Gasteiger partial charge in [-0.2, -0.15) is 5.01 Å². The zero-order valence-corrected chi connectivity index (χ0v) is 28.3. The fourth-order valence-corrected chi connectivity index (χ4v) is 9.20. The van der Waals surface area contributed by atoms with Gasteiger partial charge in [-0.3, -0.25) is 29.5 Å². The molecule has 0 unspecified atom stereocenters. The van der Waals surface area contributed by atoms with Crippen molar-refractivity contribution in [2.24, 2.45) is 23.7 Å². The van der Waals surface area contributed by atoms with Gasteiger partial charge in [0.25, 0.3) is 11.8 Å². The number of benzene rings is 4. The van der Waals surface area contributed by atoms with Crippen molar-refractivity contribution >= 4 is 58.2 Å². The van der Waals surface area contributed by atoms with E-state index in [1.807, 2.05) is 12.1 Å². The Hall–Kier alpha value is -5.12. The minimum absolute atomic E-state index is 0.0556. The number of anilines is 2. The number of hydrazine groups is 1. The first-order chi connectivity index (χ1) is 24.2. The molecule has 252 valence electrons. The minimum atomic E-state index is -1.56. The summed E-state index contributed by atoms with van der Waals surface area (Å²) in [6.07, 6.45) is 2.33. The van der Waals surface area contributed by atoms with Crippen molar-refractivity contribution in [2.45, 2.75) is 24.2 Å². The summed E-state index contributed by atoms with van der Waals surface area (Å²) in [5.41, 5.74) is 3.92. The number of imide groups is 2. The number of carbonyl (C=O) groups excluding carboxylic acids is 4. The number of hydrogen-bond donors (Lipinski definition) is 2. The fourth-order valence-electron chi connectivity index (χ4n) is 8.75. The topological polar surface area (TPSA) is 116 Å². The molecule has 4 aromatic rings. The molecule has 0 radical (unpaired) electrons. The summed E-state index contributed by atoms with van der Waals surface area (Å²) >= 11 is 12.7. The maximum atomic E-state index is 15.3. The number of hydrogen-bond acceptors (Lipinski definition) is 7. The number of halogens is 2. The quantitative estimate of drug-likeness (QED) is 0.166. The van der Waals surface area contributed by atoms with Crippen LogP contribution in [0.1, 0.15) is 29.9 Å². The van der Waals surface area contributed by atoms with E-state index < -0.39 is 46.8 Å². The molecule has 0 spiro atoms. The zero-order chi connectivity index (χ0) is 34.9. The number of nitrogens with one attached hydrogen (secondary N) is 1. The molecule has 8 rings (SSSR count). The molecule has 2 N–H and O–H groups in total. The van der Waals surface area contributed by atoms with Gasteiger partial charge in [0.2, 0.25) is 11.8 Å². The lowest BCUT2D eigenvalue weighted by molar-refractivity contribution is -0.138. The standard InChI is InChI=1S/C39H31Cl2N3O6/c1-50-24-14-11-21(12-15-24)39-29(36(47)44(38(39)49)42-31-18-13-22(40)19-30(31)41)20-28-25(34(39)26-9-5-6-10-32(26)45)16-17-27-33(28)37(48)43(35(27)46)23-7-3-2-4-8-23/h2-16,18-19,27-29,33-34,42,45H,17,20H2,1H3/t27-,28+,29-,33-,34+,39+/m0/s1. The van der Waals surface area contributed by atoms with Crippen LogP contribution in [0, 0.1) is 23.7 Å². The molecule has 1 saturated carbocycles. The normalized spacial score (nSPS) is 27.1. The van der Waals surface area contributed by atoms with Crippen LogP contribution in [0.15, 0.2) is 109 Å². The number of aromatic hydroxyl groups is 1. The van der Waals surface area contributed by atoms with Gasteiger partial charge in [0, 0.05) is 16.5 Å². The Morgan fingerprint density at radius 2 is 1.56 bits per heavy atom. The number of phenols is 1. The highest BCUT2D eigenvalue weighted by Crippen LogP contribution is 2.65. The lowest BCUT2D eigenvalue weighted by Gasteiger charge is -2.50. The predicted octanol–water partition coefficient (Wildman–Crippen LogP) is 6.90. The van der Waals surface area contributed by atoms with E-state index in [0.717, 1.165) is 10.6 Å². The monoisotopic (exact) mass is 707 g/mol. The van der Waals surface area contributed by atoms with Gasteiger partial charge in [-0.15, -0.1) is 0 Å². The van der Waals surface area contributed by atoms with Crippen LogP contribution in [0.25, 0.3) is 0 Å². The molecular formula is C39H31Cl2N3O6. The van der Waals surface area contributed by atoms with Crippen LogP contribution in [-0.4, -0.2) is 40.9 Å². The number of methoxy groups -OCH3 is 1. The second-order valence-corrected chi connectivity index (χ2v) is 14.0. The van der Waals surface area contributed by atoms with Crippen molar-refractivity contribution in [3.8, 4) is 11.5 Å². The summed E-state index contributed by atoms with van der Waals surface area (Å²) < 4.78 is 5.44. The van der Waals surface area contributed by atoms with Crippen LogP contribution < -0.4 is 15.1 Å². The van der Waals surface area contributed by atoms with E-state index in [9.17, 15) is 19.5 Å². The summed E-state index contributed by atoms with van der Waals surface area (Å²) in [5, 5.41) is 13.1. The molecule has 4 amide bonds. The number of fused-ring (bicyclic) bond motifs is 4. The van der Waals surface area contributed by atoms with Gasteiger partial charge in [-0.25, -0.2) is 0 Å². The second-order valence-electron chi connectivity index (χ2n) is 13.1. The SMILES string of the molecule is COc1ccc([C@@]23C(=O)N(Nc4ccc(Cl)cc4Cl)C(=O)[C@@H]2C[C@@H]2C(=CC[C@@H]4C(=O)N(c5ccccc5)C(=O)[C@@H]42)[C@@H]3c2ccccc2O)cc1. The molecular weight excluding hydrogens is 677 g/mol. The molecule has 2 heterocycles. The molecule has 6 atom stereocenters. The molecule has 4 aromatic carbocycles. The fraction of sp³-hybridized carbons (Fsp3) is 0.231. The van der Waals surface area contributed by atoms with Crippen molar-refractivity contribution in [2.75, 3.05) is 17.4 Å². The molecule has 50 heavy (non-hydrogen) atoms. The maximum absolute atomic E-state index is 15.3. The van der Waals surface area contributed by atoms with Crippen molar-refractivity contribution in [3.05, 3.63) is 130 Å². The van der Waals surface area contributed by atoms with Crippen molar-refractivity contribution in [1.29, 1.82) is 0 Å². The zero-order valence-electron chi connectivity index (χ0n) is 26.8. The summed E-state index contributed by atoms with van der Waals surface area (Å²) in [6, 6.07) is 27.3. The lowest BCUT2D eigenvalue weighted by Crippen LogP contribution is -2.53. The second kappa shape index (κ2) is 12.0. The highest BCUT2D eigenvalue weighted by Gasteiger charge is 2.70. The Bertz CT molecular complexity index is 2100. The van der Waals surface area contributed by atoms with E-state index >= 15 is 4.79 Å². The Balaban J connectivity index is 1.33. The molecule has 11 heteroatoms. The van der Waals surface area contributed by atoms with Crippen LogP contribution in [0.4, 0.5) is 11.4 Å². The van der Waals surface area contributed by atoms with E-state index in [2.05, 4.69) is 5.43 Å². The van der Waals surface area contributed by atoms with Crippen LogP contribution in [-0.2, 0) is 24.6 Å². The first-order valence-electron chi connectivity index (χ1n) is 16.3. The van der Waals surface area contributed by atoms with Gasteiger partial charge in [-0.05, 0) is 72.9 Å². The van der Waals surface area contributed by atoms with E-state index in [-0.39, 0.29) is 35.4 Å². The largest absolute Gasteiger partial charge is 0.508 e. The number of amides is 4. The summed E-state index contributed by atoms with van der Waals surface area (Å²) in [6.45, 7) is 0. The van der Waals surface area contributed by atoms with Gasteiger partial charge in [-0.1, -0.05) is 83.4 Å². The number of ether oxygens (including phenoxy) is 1. The molecule has 0 aromatic heterocycles. The number of rotatable bonds is 6. The van der Waals surface area contributed by atoms with E-state index in [0.29, 0.717) is 33.3 Å². The molecule has 9 nitrogen and oxygen atoms in total. The third kappa shape index (κ3) is 4.60. The van der Waals surface area contributed by atoms with Crippen LogP contribution in [0.5, 0.6) is 11.5 Å². The average Bonchev–Trinajstić information content (AvgIpc) is 3.51. The van der Waals surface area contributed by atoms with Crippen molar-refractivity contribution < 1.29 is 29.0 Å². The van der Waals surface area contributed by atoms with Crippen LogP contribution in [0.3, 0.4) is 0 Å². The highest BCUT2D eigenvalue weighted by atomic mass is 35.5. The summed E-state index contributed by atoms with van der Waals surface area (Å²) in [7, 11) is 1.54. The number of para-hydroxylation sites is 2. The Morgan fingerprint density at radius 1 is 0.840 bits per heavy atom. The summed E-state index contributed by atoms with van der Waals surface area (Å²) in [4.78, 5) is 59.6. The Morgan fingerprint density at radius 3 is 2.26 bits per heavy atom. The maximum Gasteiger partial charge on any atom is 0.260 e. The van der Waals surface area contributed by atoms with Crippen molar-refractivity contribution in [1.82, 2.24) is 5.01 Å². The summed E-state index contributed by atoms with van der Waals surface area (Å²) in [5.74, 6) is -5.03. The molecule has 2 saturated heterocycles. The number of carbonyl (C=O) groups is 4. The lowest BCUT2D eigenvalue weighted by atomic mass is 9.49. The molecule has 0 bridgehead atoms. The molecule has 3 fully saturated rings. The van der Waals surface area contributed by atoms with Gasteiger partial charge >= 0.3 is 0 Å². The highest BCUT2D eigenvalue weighted by molar-refractivity contribution is 6.36. The van der Waals surface area contributed by atoms with E-state index in [1.54, 1.807) is 92.0 Å². The van der Waals surface area contributed by atoms with E-state index in [4.69, 9.17) is 27.9 Å². The molecule has 4 aliphatic rings. The minimum Gasteiger partial charge on any atom is -0.508 e. The van der Waals surface area contributed by atoms with E-state index in [1.165, 1.54) is 11.0 Å². The van der Waals surface area contributed by atoms with Gasteiger partial charge in [0.15, 0.2) is 0 Å². The first kappa shape index (κ1) is 32.1. The number of allylic oxidation sites excluding steroid dienone is 2. The molecule has 2 aliphatic heterocycles. The Kier molecular flexibility index (Phi) is 7.73. The Labute approximate surface area is 298 Å². The number of phenolic OH excluding ortho intramolecular Hbond substituents is 1. The van der Waals surface area contributed by atoms with Gasteiger partial charge in [0.05, 0.1) is 46.7 Å². The van der Waals surface area contributed by atoms with Gasteiger partial charge in [0.1, 0.15) is 11.5 Å². The third-order valence-corrected chi connectivity index (χ3v) is 11.4. The third-order valence-electron chi connectivity index (χ3n) is 10.8. The van der Waals surface area contributed by atoms with Crippen LogP contribution >= 0.6 is 23.2 Å². The first-order valence-corrected chi connectivity index (χ1v) is 17.1. The van der Waals surface area contributed by atoms with Crippen molar-refractivity contribution in [3.63, 3.8) is 0 Å². The number of nitrogens with zero attached hydrogens (tertiary/aromatic N) is 2. The smallest absolute Gasteiger partial charge is 0.260 e. The predicted molar refractivity (Wildman–Crippen MR) is 188 cm³/mol. The average molecular weight is 709 g/mol.